The van der Waals surface area contributed by atoms with E-state index in [1.807, 2.05) is 20.9 Å². The highest BCUT2D eigenvalue weighted by Gasteiger charge is 2.39. The maximum Gasteiger partial charge on any atom is 0.109 e. The van der Waals surface area contributed by atoms with Crippen LogP contribution in [0.1, 0.15) is 40.5 Å². The summed E-state index contributed by atoms with van der Waals surface area (Å²) in [7, 11) is 4.01. The summed E-state index contributed by atoms with van der Waals surface area (Å²) < 4.78 is 0. The van der Waals surface area contributed by atoms with E-state index in [0.717, 1.165) is 12.8 Å². The molecule has 1 aliphatic heterocycles. The predicted octanol–water partition coefficient (Wildman–Crippen LogP) is 2.00. The van der Waals surface area contributed by atoms with Crippen LogP contribution in [0.4, 0.5) is 0 Å². The van der Waals surface area contributed by atoms with Crippen molar-refractivity contribution in [3.8, 4) is 6.07 Å². The van der Waals surface area contributed by atoms with Crippen LogP contribution in [0.15, 0.2) is 0 Å². The fourth-order valence-corrected chi connectivity index (χ4v) is 2.17. The molecule has 3 nitrogen and oxygen atoms in total. The first-order chi connectivity index (χ1) is 7.04. The first-order valence-corrected chi connectivity index (χ1v) is 5.87. The molecule has 0 aromatic rings. The number of likely N-dealkylation sites (tertiary alicyclic amines) is 1. The molecule has 2 atom stereocenters. The SMILES string of the molecule is CC.CNC1(C#N)CC(C)N(C)C(C)C1. The van der Waals surface area contributed by atoms with E-state index in [0.29, 0.717) is 12.1 Å². The molecule has 0 radical (unpaired) electrons. The molecule has 1 heterocycles. The van der Waals surface area contributed by atoms with Gasteiger partial charge in [0.05, 0.1) is 6.07 Å². The molecular weight excluding hydrogens is 186 g/mol. The van der Waals surface area contributed by atoms with Gasteiger partial charge in [0.15, 0.2) is 0 Å². The second-order valence-corrected chi connectivity index (χ2v) is 4.22. The lowest BCUT2D eigenvalue weighted by Crippen LogP contribution is -2.57. The molecule has 1 aliphatic rings. The number of nitrogens with one attached hydrogen (secondary N) is 1. The third-order valence-electron chi connectivity index (χ3n) is 3.37. The van der Waals surface area contributed by atoms with Crippen LogP contribution in [-0.4, -0.2) is 36.6 Å². The van der Waals surface area contributed by atoms with Crippen LogP contribution in [0.5, 0.6) is 0 Å². The molecule has 1 saturated heterocycles. The van der Waals surface area contributed by atoms with Gasteiger partial charge in [0.25, 0.3) is 0 Å². The second kappa shape index (κ2) is 6.09. The Hall–Kier alpha value is -0.590. The lowest BCUT2D eigenvalue weighted by molar-refractivity contribution is 0.0897. The van der Waals surface area contributed by atoms with E-state index in [1.165, 1.54) is 0 Å². The summed E-state index contributed by atoms with van der Waals surface area (Å²) >= 11 is 0. The molecule has 15 heavy (non-hydrogen) atoms. The Bertz CT molecular complexity index is 207. The molecule has 88 valence electrons. The summed E-state index contributed by atoms with van der Waals surface area (Å²) in [4.78, 5) is 2.34. The molecule has 0 saturated carbocycles. The highest BCUT2D eigenvalue weighted by atomic mass is 15.2. The lowest BCUT2D eigenvalue weighted by Gasteiger charge is -2.44. The fourth-order valence-electron chi connectivity index (χ4n) is 2.17. The summed E-state index contributed by atoms with van der Waals surface area (Å²) in [5, 5.41) is 12.3. The summed E-state index contributed by atoms with van der Waals surface area (Å²) in [6.07, 6.45) is 1.84. The first kappa shape index (κ1) is 14.4. The number of piperidine rings is 1. The molecule has 0 amide bonds. The van der Waals surface area contributed by atoms with Crippen LogP contribution >= 0.6 is 0 Å². The topological polar surface area (TPSA) is 39.1 Å². The van der Waals surface area contributed by atoms with Gasteiger partial charge in [-0.15, -0.1) is 0 Å². The van der Waals surface area contributed by atoms with E-state index < -0.39 is 0 Å². The van der Waals surface area contributed by atoms with E-state index >= 15 is 0 Å². The standard InChI is InChI=1S/C10H19N3.C2H6/c1-8-5-10(7-11,12-3)6-9(2)13(8)4;1-2/h8-9,12H,5-6H2,1-4H3;1-2H3. The fraction of sp³-hybridized carbons (Fsp3) is 0.917. The van der Waals surface area contributed by atoms with Gasteiger partial charge in [-0.1, -0.05) is 13.8 Å². The van der Waals surface area contributed by atoms with Gasteiger partial charge in [-0.3, -0.25) is 0 Å². The van der Waals surface area contributed by atoms with E-state index in [2.05, 4.69) is 37.2 Å². The Labute approximate surface area is 94.5 Å². The molecule has 1 rings (SSSR count). The summed E-state index contributed by atoms with van der Waals surface area (Å²) in [5.74, 6) is 0. The lowest BCUT2D eigenvalue weighted by atomic mass is 9.81. The van der Waals surface area contributed by atoms with Crippen LogP contribution in [0, 0.1) is 11.3 Å². The van der Waals surface area contributed by atoms with Gasteiger partial charge < -0.3 is 10.2 Å². The average molecular weight is 211 g/mol. The van der Waals surface area contributed by atoms with Gasteiger partial charge in [0.1, 0.15) is 5.54 Å². The monoisotopic (exact) mass is 211 g/mol. The van der Waals surface area contributed by atoms with Crippen molar-refractivity contribution in [2.45, 2.75) is 58.2 Å². The van der Waals surface area contributed by atoms with Crippen molar-refractivity contribution in [1.29, 1.82) is 5.26 Å². The molecule has 0 spiro atoms. The van der Waals surface area contributed by atoms with Gasteiger partial charge >= 0.3 is 0 Å². The summed E-state index contributed by atoms with van der Waals surface area (Å²) in [6, 6.07) is 3.38. The van der Waals surface area contributed by atoms with Crippen molar-refractivity contribution < 1.29 is 0 Å². The van der Waals surface area contributed by atoms with Crippen molar-refractivity contribution in [3.05, 3.63) is 0 Å². The zero-order valence-electron chi connectivity index (χ0n) is 11.0. The number of rotatable bonds is 1. The van der Waals surface area contributed by atoms with E-state index in [9.17, 15) is 0 Å². The summed E-state index contributed by atoms with van der Waals surface area (Å²) in [6.45, 7) is 8.36. The normalized spacial score (nSPS) is 36.3. The van der Waals surface area contributed by atoms with Crippen molar-refractivity contribution >= 4 is 0 Å². The Morgan fingerprint density at radius 1 is 1.27 bits per heavy atom. The largest absolute Gasteiger partial charge is 0.302 e. The van der Waals surface area contributed by atoms with E-state index in [1.54, 1.807) is 0 Å². The third kappa shape index (κ3) is 3.19. The van der Waals surface area contributed by atoms with Crippen LogP contribution in [0.25, 0.3) is 0 Å². The quantitative estimate of drug-likeness (QED) is 0.721. The van der Waals surface area contributed by atoms with Gasteiger partial charge in [-0.05, 0) is 40.8 Å². The predicted molar refractivity (Wildman–Crippen MR) is 64.7 cm³/mol. The zero-order chi connectivity index (χ0) is 12.1. The number of nitrogens with zero attached hydrogens (tertiary/aromatic N) is 2. The molecule has 1 fully saturated rings. The molecule has 3 heteroatoms. The number of hydrogen-bond donors (Lipinski definition) is 1. The minimum absolute atomic E-state index is 0.300. The van der Waals surface area contributed by atoms with Gasteiger partial charge in [-0.2, -0.15) is 5.26 Å². The van der Waals surface area contributed by atoms with Crippen LogP contribution in [0.3, 0.4) is 0 Å². The van der Waals surface area contributed by atoms with Crippen LogP contribution in [0.2, 0.25) is 0 Å². The second-order valence-electron chi connectivity index (χ2n) is 4.22. The molecule has 0 bridgehead atoms. The smallest absolute Gasteiger partial charge is 0.109 e. The third-order valence-corrected chi connectivity index (χ3v) is 3.37. The van der Waals surface area contributed by atoms with E-state index in [-0.39, 0.29) is 5.54 Å². The summed E-state index contributed by atoms with van der Waals surface area (Å²) in [5.41, 5.74) is -0.300. The maximum absolute atomic E-state index is 9.13. The molecule has 1 N–H and O–H groups in total. The minimum atomic E-state index is -0.300. The van der Waals surface area contributed by atoms with Crippen LogP contribution in [-0.2, 0) is 0 Å². The molecule has 0 aromatic heterocycles. The maximum atomic E-state index is 9.13. The molecule has 0 aromatic carbocycles. The highest BCUT2D eigenvalue weighted by molar-refractivity contribution is 5.12. The molecule has 0 aliphatic carbocycles. The first-order valence-electron chi connectivity index (χ1n) is 5.87. The highest BCUT2D eigenvalue weighted by Crippen LogP contribution is 2.29. The Kier molecular flexibility index (Phi) is 5.85. The zero-order valence-corrected chi connectivity index (χ0v) is 11.0. The Balaban J connectivity index is 0.000000921. The Morgan fingerprint density at radius 3 is 1.93 bits per heavy atom. The van der Waals surface area contributed by atoms with Crippen molar-refractivity contribution in [2.75, 3.05) is 14.1 Å². The van der Waals surface area contributed by atoms with Gasteiger partial charge in [0, 0.05) is 12.1 Å². The van der Waals surface area contributed by atoms with Gasteiger partial charge in [-0.25, -0.2) is 0 Å². The Morgan fingerprint density at radius 2 is 1.67 bits per heavy atom. The van der Waals surface area contributed by atoms with Crippen LogP contribution < -0.4 is 5.32 Å². The number of hydrogen-bond acceptors (Lipinski definition) is 3. The average Bonchev–Trinajstić information content (AvgIpc) is 2.28. The van der Waals surface area contributed by atoms with E-state index in [4.69, 9.17) is 5.26 Å². The van der Waals surface area contributed by atoms with Gasteiger partial charge in [0.2, 0.25) is 0 Å². The van der Waals surface area contributed by atoms with Crippen molar-refractivity contribution in [3.63, 3.8) is 0 Å². The minimum Gasteiger partial charge on any atom is -0.302 e. The molecular formula is C12H25N3. The van der Waals surface area contributed by atoms with Crippen molar-refractivity contribution in [2.24, 2.45) is 0 Å². The molecule has 2 unspecified atom stereocenters. The number of nitriles is 1. The van der Waals surface area contributed by atoms with Crippen molar-refractivity contribution in [1.82, 2.24) is 10.2 Å².